The first-order valence-electron chi connectivity index (χ1n) is 4.75. The van der Waals surface area contributed by atoms with Gasteiger partial charge in [-0.15, -0.1) is 0 Å². The third-order valence-corrected chi connectivity index (χ3v) is 2.08. The lowest BCUT2D eigenvalue weighted by atomic mass is 10.2. The van der Waals surface area contributed by atoms with Gasteiger partial charge in [-0.25, -0.2) is 13.8 Å². The van der Waals surface area contributed by atoms with Gasteiger partial charge < -0.3 is 9.73 Å². The maximum Gasteiger partial charge on any atom is 0.208 e. The quantitative estimate of drug-likeness (QED) is 0.869. The minimum atomic E-state index is -0.660. The molecule has 0 unspecified atom stereocenters. The standard InChI is InChI=1S/C11H10F2N2O/c1-14-6-11-15-5-10(16-11)8-3-2-7(12)4-9(8)13/h2-5,14H,6H2,1H3. The number of oxazole rings is 1. The molecule has 0 amide bonds. The maximum atomic E-state index is 13.4. The van der Waals surface area contributed by atoms with Crippen molar-refractivity contribution in [3.8, 4) is 11.3 Å². The van der Waals surface area contributed by atoms with E-state index in [0.717, 1.165) is 6.07 Å². The highest BCUT2D eigenvalue weighted by Gasteiger charge is 2.11. The molecule has 1 N–H and O–H groups in total. The molecule has 0 fully saturated rings. The van der Waals surface area contributed by atoms with Crippen LogP contribution in [0.1, 0.15) is 5.89 Å². The van der Waals surface area contributed by atoms with Crippen LogP contribution in [0.3, 0.4) is 0 Å². The Labute approximate surface area is 91.1 Å². The summed E-state index contributed by atoms with van der Waals surface area (Å²) >= 11 is 0. The van der Waals surface area contributed by atoms with Gasteiger partial charge in [0.05, 0.1) is 18.3 Å². The largest absolute Gasteiger partial charge is 0.439 e. The first kappa shape index (κ1) is 10.8. The second-order valence-electron chi connectivity index (χ2n) is 3.27. The lowest BCUT2D eigenvalue weighted by Crippen LogP contribution is -2.04. The number of halogens is 2. The molecule has 2 rings (SSSR count). The third-order valence-electron chi connectivity index (χ3n) is 2.08. The normalized spacial score (nSPS) is 10.7. The molecule has 0 spiro atoms. The van der Waals surface area contributed by atoms with E-state index in [2.05, 4.69) is 10.3 Å². The molecule has 0 radical (unpaired) electrons. The van der Waals surface area contributed by atoms with E-state index in [4.69, 9.17) is 4.42 Å². The van der Waals surface area contributed by atoms with Crippen molar-refractivity contribution in [2.45, 2.75) is 6.54 Å². The van der Waals surface area contributed by atoms with E-state index in [1.54, 1.807) is 7.05 Å². The molecule has 2 aromatic rings. The van der Waals surface area contributed by atoms with E-state index in [1.807, 2.05) is 0 Å². The number of benzene rings is 1. The lowest BCUT2D eigenvalue weighted by Gasteiger charge is -1.98. The van der Waals surface area contributed by atoms with E-state index in [1.165, 1.54) is 18.3 Å². The zero-order valence-electron chi connectivity index (χ0n) is 8.63. The van der Waals surface area contributed by atoms with E-state index in [9.17, 15) is 8.78 Å². The van der Waals surface area contributed by atoms with Crippen molar-refractivity contribution in [3.63, 3.8) is 0 Å². The molecule has 0 atom stereocenters. The molecule has 0 aliphatic heterocycles. The highest BCUT2D eigenvalue weighted by molar-refractivity contribution is 5.57. The molecule has 1 aromatic heterocycles. The first-order chi connectivity index (χ1) is 7.70. The van der Waals surface area contributed by atoms with Crippen LogP contribution >= 0.6 is 0 Å². The highest BCUT2D eigenvalue weighted by Crippen LogP contribution is 2.23. The average Bonchev–Trinajstić information content (AvgIpc) is 2.67. The van der Waals surface area contributed by atoms with E-state index < -0.39 is 11.6 Å². The van der Waals surface area contributed by atoms with Gasteiger partial charge >= 0.3 is 0 Å². The Bertz CT molecular complexity index is 496. The van der Waals surface area contributed by atoms with Gasteiger partial charge in [0.1, 0.15) is 11.6 Å². The Morgan fingerprint density at radius 1 is 1.38 bits per heavy atom. The number of rotatable bonds is 3. The van der Waals surface area contributed by atoms with Crippen molar-refractivity contribution in [2.24, 2.45) is 0 Å². The summed E-state index contributed by atoms with van der Waals surface area (Å²) < 4.78 is 31.4. The SMILES string of the molecule is CNCc1ncc(-c2ccc(F)cc2F)o1. The molecule has 16 heavy (non-hydrogen) atoms. The third kappa shape index (κ3) is 2.09. The Hall–Kier alpha value is -1.75. The number of hydrogen-bond donors (Lipinski definition) is 1. The molecule has 0 aliphatic carbocycles. The van der Waals surface area contributed by atoms with Crippen molar-refractivity contribution in [1.82, 2.24) is 10.3 Å². The molecular formula is C11H10F2N2O. The molecule has 0 saturated carbocycles. The summed E-state index contributed by atoms with van der Waals surface area (Å²) in [4.78, 5) is 3.96. The summed E-state index contributed by atoms with van der Waals surface area (Å²) in [5.74, 6) is -0.521. The van der Waals surface area contributed by atoms with Gasteiger partial charge in [-0.2, -0.15) is 0 Å². The smallest absolute Gasteiger partial charge is 0.208 e. The maximum absolute atomic E-state index is 13.4. The van der Waals surface area contributed by atoms with Crippen LogP contribution in [-0.4, -0.2) is 12.0 Å². The zero-order valence-corrected chi connectivity index (χ0v) is 8.63. The average molecular weight is 224 g/mol. The van der Waals surface area contributed by atoms with Crippen LogP contribution in [0.4, 0.5) is 8.78 Å². The van der Waals surface area contributed by atoms with Crippen LogP contribution in [0.5, 0.6) is 0 Å². The van der Waals surface area contributed by atoms with Crippen LogP contribution in [-0.2, 0) is 6.54 Å². The first-order valence-corrected chi connectivity index (χ1v) is 4.75. The minimum Gasteiger partial charge on any atom is -0.439 e. The van der Waals surface area contributed by atoms with Gasteiger partial charge in [0.25, 0.3) is 0 Å². The summed E-state index contributed by atoms with van der Waals surface area (Å²) in [5.41, 5.74) is 0.205. The van der Waals surface area contributed by atoms with Crippen molar-refractivity contribution < 1.29 is 13.2 Å². The summed E-state index contributed by atoms with van der Waals surface area (Å²) in [6, 6.07) is 3.32. The highest BCUT2D eigenvalue weighted by atomic mass is 19.1. The predicted molar refractivity (Wildman–Crippen MR) is 54.6 cm³/mol. The molecule has 0 saturated heterocycles. The molecule has 0 bridgehead atoms. The number of aromatic nitrogens is 1. The summed E-state index contributed by atoms with van der Waals surface area (Å²) in [7, 11) is 1.75. The van der Waals surface area contributed by atoms with Gasteiger partial charge in [0.15, 0.2) is 5.76 Å². The van der Waals surface area contributed by atoms with Crippen LogP contribution < -0.4 is 5.32 Å². The number of nitrogens with zero attached hydrogens (tertiary/aromatic N) is 1. The van der Waals surface area contributed by atoms with Crippen molar-refractivity contribution in [3.05, 3.63) is 41.9 Å². The second-order valence-corrected chi connectivity index (χ2v) is 3.27. The topological polar surface area (TPSA) is 38.1 Å². The summed E-state index contributed by atoms with van der Waals surface area (Å²) in [5, 5.41) is 2.86. The second kappa shape index (κ2) is 4.40. The molecule has 1 heterocycles. The number of hydrogen-bond acceptors (Lipinski definition) is 3. The van der Waals surface area contributed by atoms with E-state index in [0.29, 0.717) is 18.2 Å². The fourth-order valence-electron chi connectivity index (χ4n) is 1.36. The molecule has 84 valence electrons. The zero-order chi connectivity index (χ0) is 11.5. The number of nitrogens with one attached hydrogen (secondary N) is 1. The molecule has 1 aromatic carbocycles. The van der Waals surface area contributed by atoms with Crippen molar-refractivity contribution >= 4 is 0 Å². The molecule has 3 nitrogen and oxygen atoms in total. The van der Waals surface area contributed by atoms with Crippen LogP contribution in [0.15, 0.2) is 28.8 Å². The Morgan fingerprint density at radius 2 is 2.19 bits per heavy atom. The lowest BCUT2D eigenvalue weighted by molar-refractivity contribution is 0.487. The minimum absolute atomic E-state index is 0.205. The van der Waals surface area contributed by atoms with Gasteiger partial charge in [0, 0.05) is 6.07 Å². The van der Waals surface area contributed by atoms with Crippen LogP contribution in [0.25, 0.3) is 11.3 Å². The summed E-state index contributed by atoms with van der Waals surface area (Å²) in [6.07, 6.45) is 1.42. The molecule has 0 aliphatic rings. The molecule has 5 heteroatoms. The van der Waals surface area contributed by atoms with Gasteiger partial charge in [-0.1, -0.05) is 0 Å². The molecular weight excluding hydrogens is 214 g/mol. The van der Waals surface area contributed by atoms with E-state index in [-0.39, 0.29) is 5.56 Å². The van der Waals surface area contributed by atoms with Crippen molar-refractivity contribution in [2.75, 3.05) is 7.05 Å². The van der Waals surface area contributed by atoms with Gasteiger partial charge in [-0.05, 0) is 19.2 Å². The van der Waals surface area contributed by atoms with Crippen LogP contribution in [0, 0.1) is 11.6 Å². The Morgan fingerprint density at radius 3 is 2.88 bits per heavy atom. The van der Waals surface area contributed by atoms with Gasteiger partial charge in [0.2, 0.25) is 5.89 Å². The fourth-order valence-corrected chi connectivity index (χ4v) is 1.36. The fraction of sp³-hybridized carbons (Fsp3) is 0.182. The van der Waals surface area contributed by atoms with Crippen LogP contribution in [0.2, 0.25) is 0 Å². The monoisotopic (exact) mass is 224 g/mol. The van der Waals surface area contributed by atoms with E-state index >= 15 is 0 Å². The predicted octanol–water partition coefficient (Wildman–Crippen LogP) is 2.34. The summed E-state index contributed by atoms with van der Waals surface area (Å²) in [6.45, 7) is 0.461. The Balaban J connectivity index is 2.35. The van der Waals surface area contributed by atoms with Gasteiger partial charge in [-0.3, -0.25) is 0 Å². The van der Waals surface area contributed by atoms with Crippen molar-refractivity contribution in [1.29, 1.82) is 0 Å². The Kier molecular flexibility index (Phi) is 2.96.